The van der Waals surface area contributed by atoms with Gasteiger partial charge in [-0.1, -0.05) is 40.2 Å². The highest BCUT2D eigenvalue weighted by Crippen LogP contribution is 2.20. The first-order valence-electron chi connectivity index (χ1n) is 6.33. The Labute approximate surface area is 122 Å². The minimum Gasteiger partial charge on any atom is -0.489 e. The summed E-state index contributed by atoms with van der Waals surface area (Å²) in [7, 11) is 1.96. The highest BCUT2D eigenvalue weighted by Gasteiger charge is 2.04. The van der Waals surface area contributed by atoms with E-state index in [0.29, 0.717) is 12.6 Å². The van der Waals surface area contributed by atoms with Crippen LogP contribution in [0, 0.1) is 0 Å². The average molecular weight is 320 g/mol. The summed E-state index contributed by atoms with van der Waals surface area (Å²) in [6.45, 7) is 2.71. The lowest BCUT2D eigenvalue weighted by Gasteiger charge is -2.13. The molecule has 0 heterocycles. The third-order valence-electron chi connectivity index (χ3n) is 3.09. The maximum Gasteiger partial charge on any atom is 0.120 e. The Kier molecular flexibility index (Phi) is 5.00. The molecule has 2 nitrogen and oxygen atoms in total. The number of hydrogen-bond acceptors (Lipinski definition) is 2. The van der Waals surface area contributed by atoms with Gasteiger partial charge in [-0.3, -0.25) is 0 Å². The molecule has 0 radical (unpaired) electrons. The van der Waals surface area contributed by atoms with E-state index in [1.54, 1.807) is 0 Å². The van der Waals surface area contributed by atoms with Crippen LogP contribution in [-0.4, -0.2) is 7.05 Å². The van der Waals surface area contributed by atoms with Crippen molar-refractivity contribution >= 4 is 15.9 Å². The molecule has 19 heavy (non-hydrogen) atoms. The fourth-order valence-corrected chi connectivity index (χ4v) is 2.28. The maximum atomic E-state index is 5.83. The number of halogens is 1. The fraction of sp³-hybridized carbons (Fsp3) is 0.250. The molecule has 0 saturated carbocycles. The molecule has 0 aliphatic rings. The lowest BCUT2D eigenvalue weighted by molar-refractivity contribution is 0.305. The summed E-state index contributed by atoms with van der Waals surface area (Å²) >= 11 is 3.46. The molecule has 100 valence electrons. The van der Waals surface area contributed by atoms with Gasteiger partial charge in [0.15, 0.2) is 0 Å². The zero-order chi connectivity index (χ0) is 13.7. The molecule has 0 aliphatic carbocycles. The topological polar surface area (TPSA) is 21.3 Å². The Morgan fingerprint density at radius 1 is 1.16 bits per heavy atom. The zero-order valence-corrected chi connectivity index (χ0v) is 12.8. The molecule has 2 aromatic rings. The van der Waals surface area contributed by atoms with Crippen LogP contribution in [0.5, 0.6) is 5.75 Å². The molecule has 1 atom stereocenters. The molecule has 0 spiro atoms. The van der Waals surface area contributed by atoms with Crippen LogP contribution in [0.3, 0.4) is 0 Å². The third-order valence-corrected chi connectivity index (χ3v) is 3.58. The van der Waals surface area contributed by atoms with Gasteiger partial charge in [-0.25, -0.2) is 0 Å². The molecule has 2 rings (SSSR count). The highest BCUT2D eigenvalue weighted by atomic mass is 79.9. The van der Waals surface area contributed by atoms with Crippen LogP contribution >= 0.6 is 15.9 Å². The smallest absolute Gasteiger partial charge is 0.120 e. The summed E-state index contributed by atoms with van der Waals surface area (Å²) in [6.07, 6.45) is 0. The van der Waals surface area contributed by atoms with Crippen LogP contribution in [-0.2, 0) is 6.61 Å². The summed E-state index contributed by atoms with van der Waals surface area (Å²) in [5.74, 6) is 0.902. The first-order chi connectivity index (χ1) is 9.19. The molecular formula is C16H18BrNO. The zero-order valence-electron chi connectivity index (χ0n) is 11.2. The molecule has 1 N–H and O–H groups in total. The number of rotatable bonds is 5. The summed E-state index contributed by atoms with van der Waals surface area (Å²) in [5.41, 5.74) is 2.38. The van der Waals surface area contributed by atoms with Crippen LogP contribution in [0.15, 0.2) is 53.0 Å². The summed E-state index contributed by atoms with van der Waals surface area (Å²) in [4.78, 5) is 0. The van der Waals surface area contributed by atoms with Crippen molar-refractivity contribution in [3.8, 4) is 5.75 Å². The molecule has 2 aromatic carbocycles. The second-order valence-electron chi connectivity index (χ2n) is 4.50. The maximum absolute atomic E-state index is 5.83. The number of benzene rings is 2. The van der Waals surface area contributed by atoms with Gasteiger partial charge in [-0.05, 0) is 49.4 Å². The van der Waals surface area contributed by atoms with Gasteiger partial charge >= 0.3 is 0 Å². The second-order valence-corrected chi connectivity index (χ2v) is 5.42. The highest BCUT2D eigenvalue weighted by molar-refractivity contribution is 9.10. The van der Waals surface area contributed by atoms with Crippen LogP contribution in [0.2, 0.25) is 0 Å². The first kappa shape index (κ1) is 14.1. The van der Waals surface area contributed by atoms with Crippen LogP contribution in [0.25, 0.3) is 0 Å². The third kappa shape index (κ3) is 4.08. The molecular weight excluding hydrogens is 302 g/mol. The van der Waals surface area contributed by atoms with Crippen LogP contribution < -0.4 is 10.1 Å². The van der Waals surface area contributed by atoms with Gasteiger partial charge in [0.05, 0.1) is 0 Å². The van der Waals surface area contributed by atoms with Crippen molar-refractivity contribution in [1.82, 2.24) is 5.32 Å². The van der Waals surface area contributed by atoms with Crippen molar-refractivity contribution < 1.29 is 4.74 Å². The molecule has 0 aliphatic heterocycles. The Hall–Kier alpha value is -1.32. The Morgan fingerprint density at radius 3 is 2.68 bits per heavy atom. The van der Waals surface area contributed by atoms with Gasteiger partial charge in [-0.15, -0.1) is 0 Å². The number of nitrogens with one attached hydrogen (secondary N) is 1. The van der Waals surface area contributed by atoms with Gasteiger partial charge < -0.3 is 10.1 Å². The Balaban J connectivity index is 2.03. The minimum absolute atomic E-state index is 0.328. The lowest BCUT2D eigenvalue weighted by Crippen LogP contribution is -2.12. The Morgan fingerprint density at radius 2 is 1.95 bits per heavy atom. The van der Waals surface area contributed by atoms with E-state index in [4.69, 9.17) is 4.74 Å². The largest absolute Gasteiger partial charge is 0.489 e. The van der Waals surface area contributed by atoms with E-state index in [2.05, 4.69) is 52.4 Å². The van der Waals surface area contributed by atoms with E-state index in [0.717, 1.165) is 15.8 Å². The van der Waals surface area contributed by atoms with E-state index in [-0.39, 0.29) is 0 Å². The van der Waals surface area contributed by atoms with E-state index in [9.17, 15) is 0 Å². The predicted octanol–water partition coefficient (Wildman–Crippen LogP) is 4.31. The molecule has 1 unspecified atom stereocenters. The lowest BCUT2D eigenvalue weighted by atomic mass is 10.1. The quantitative estimate of drug-likeness (QED) is 0.886. The van der Waals surface area contributed by atoms with Crippen LogP contribution in [0.1, 0.15) is 24.1 Å². The van der Waals surface area contributed by atoms with Crippen molar-refractivity contribution in [3.63, 3.8) is 0 Å². The standard InChI is InChI=1S/C16H18BrNO/c1-12(18-2)14-6-4-8-16(10-14)19-11-13-5-3-7-15(17)9-13/h3-10,12,18H,11H2,1-2H3. The van der Waals surface area contributed by atoms with E-state index < -0.39 is 0 Å². The molecule has 0 aromatic heterocycles. The van der Waals surface area contributed by atoms with Crippen molar-refractivity contribution in [2.24, 2.45) is 0 Å². The van der Waals surface area contributed by atoms with Crippen molar-refractivity contribution in [1.29, 1.82) is 0 Å². The molecule has 0 saturated heterocycles. The van der Waals surface area contributed by atoms with Gasteiger partial charge in [-0.2, -0.15) is 0 Å². The van der Waals surface area contributed by atoms with Crippen molar-refractivity contribution in [2.45, 2.75) is 19.6 Å². The van der Waals surface area contributed by atoms with E-state index >= 15 is 0 Å². The molecule has 3 heteroatoms. The van der Waals surface area contributed by atoms with Crippen LogP contribution in [0.4, 0.5) is 0 Å². The SMILES string of the molecule is CNC(C)c1cccc(OCc2cccc(Br)c2)c1. The van der Waals surface area contributed by atoms with E-state index in [1.807, 2.05) is 31.3 Å². The monoisotopic (exact) mass is 319 g/mol. The molecule has 0 fully saturated rings. The number of hydrogen-bond donors (Lipinski definition) is 1. The minimum atomic E-state index is 0.328. The van der Waals surface area contributed by atoms with Gasteiger partial charge in [0.25, 0.3) is 0 Å². The Bertz CT molecular complexity index is 542. The predicted molar refractivity (Wildman–Crippen MR) is 82.4 cm³/mol. The van der Waals surface area contributed by atoms with Crippen molar-refractivity contribution in [2.75, 3.05) is 7.05 Å². The number of ether oxygens (including phenoxy) is 1. The second kappa shape index (κ2) is 6.73. The summed E-state index contributed by atoms with van der Waals surface area (Å²) in [5, 5.41) is 3.23. The van der Waals surface area contributed by atoms with Gasteiger partial charge in [0.2, 0.25) is 0 Å². The van der Waals surface area contributed by atoms with Gasteiger partial charge in [0.1, 0.15) is 12.4 Å². The molecule has 0 amide bonds. The average Bonchev–Trinajstić information content (AvgIpc) is 2.45. The first-order valence-corrected chi connectivity index (χ1v) is 7.13. The summed E-state index contributed by atoms with van der Waals surface area (Å²) < 4.78 is 6.91. The normalized spacial score (nSPS) is 12.2. The van der Waals surface area contributed by atoms with Gasteiger partial charge in [0, 0.05) is 10.5 Å². The van der Waals surface area contributed by atoms with Crippen molar-refractivity contribution in [3.05, 3.63) is 64.1 Å². The summed E-state index contributed by atoms with van der Waals surface area (Å²) in [6, 6.07) is 16.7. The molecule has 0 bridgehead atoms. The fourth-order valence-electron chi connectivity index (χ4n) is 1.83. The van der Waals surface area contributed by atoms with E-state index in [1.165, 1.54) is 5.56 Å².